The first kappa shape index (κ1) is 17.8. The minimum Gasteiger partial charge on any atom is -0.365 e. The van der Waals surface area contributed by atoms with Crippen LogP contribution in [0.15, 0.2) is 34.5 Å². The van der Waals surface area contributed by atoms with Gasteiger partial charge in [0.2, 0.25) is 15.9 Å². The van der Waals surface area contributed by atoms with Crippen molar-refractivity contribution in [3.8, 4) is 0 Å². The Labute approximate surface area is 151 Å². The summed E-state index contributed by atoms with van der Waals surface area (Å²) in [5.41, 5.74) is 1.59. The topological polar surface area (TPSA) is 91.4 Å². The van der Waals surface area contributed by atoms with Crippen LogP contribution in [0.1, 0.15) is 18.5 Å². The van der Waals surface area contributed by atoms with Crippen molar-refractivity contribution in [1.82, 2.24) is 9.71 Å². The molecule has 0 spiro atoms. The largest absolute Gasteiger partial charge is 0.365 e. The number of rotatable bonds is 7. The molecule has 1 aromatic heterocycles. The number of sulfonamides is 1. The van der Waals surface area contributed by atoms with E-state index in [9.17, 15) is 13.2 Å². The van der Waals surface area contributed by atoms with Gasteiger partial charge in [0.05, 0.1) is 10.6 Å². The Morgan fingerprint density at radius 3 is 2.64 bits per heavy atom. The molecular weight excluding hydrogens is 360 g/mol. The molecular formula is C16H20N4O3S2. The summed E-state index contributed by atoms with van der Waals surface area (Å²) in [6.07, 6.45) is 1.91. The molecule has 0 radical (unpaired) electrons. The molecule has 2 aromatic rings. The molecule has 1 amide bonds. The molecule has 25 heavy (non-hydrogen) atoms. The lowest BCUT2D eigenvalue weighted by Gasteiger charge is -2.16. The molecule has 0 unspecified atom stereocenters. The van der Waals surface area contributed by atoms with Crippen molar-refractivity contribution in [3.05, 3.63) is 35.3 Å². The number of nitrogens with one attached hydrogen (secondary N) is 2. The van der Waals surface area contributed by atoms with E-state index in [1.807, 2.05) is 5.38 Å². The molecule has 2 heterocycles. The van der Waals surface area contributed by atoms with Gasteiger partial charge in [-0.2, -0.15) is 0 Å². The minimum absolute atomic E-state index is 0.0814. The van der Waals surface area contributed by atoms with E-state index in [1.54, 1.807) is 24.1 Å². The number of benzene rings is 1. The van der Waals surface area contributed by atoms with Crippen LogP contribution in [-0.4, -0.2) is 39.4 Å². The SMILES string of the molecule is CNc1nc(CCNS(=O)(=O)c2ccc(N3CCCC3=O)cc2)cs1. The van der Waals surface area contributed by atoms with E-state index < -0.39 is 10.0 Å². The third kappa shape index (κ3) is 4.17. The van der Waals surface area contributed by atoms with Crippen LogP contribution in [0.3, 0.4) is 0 Å². The van der Waals surface area contributed by atoms with Crippen LogP contribution in [0.2, 0.25) is 0 Å². The molecule has 9 heteroatoms. The highest BCUT2D eigenvalue weighted by atomic mass is 32.2. The molecule has 0 saturated carbocycles. The second-order valence-electron chi connectivity index (χ2n) is 5.68. The van der Waals surface area contributed by atoms with Crippen LogP contribution in [0, 0.1) is 0 Å². The van der Waals surface area contributed by atoms with Crippen molar-refractivity contribution >= 4 is 38.1 Å². The molecule has 1 fully saturated rings. The minimum atomic E-state index is -3.58. The van der Waals surface area contributed by atoms with Crippen molar-refractivity contribution < 1.29 is 13.2 Å². The van der Waals surface area contributed by atoms with Gasteiger partial charge in [0, 0.05) is 44.0 Å². The third-order valence-corrected chi connectivity index (χ3v) is 6.36. The van der Waals surface area contributed by atoms with Crippen LogP contribution in [-0.2, 0) is 21.2 Å². The zero-order valence-corrected chi connectivity index (χ0v) is 15.5. The quantitative estimate of drug-likeness (QED) is 0.765. The molecule has 0 aliphatic carbocycles. The lowest BCUT2D eigenvalue weighted by Crippen LogP contribution is -2.26. The van der Waals surface area contributed by atoms with Crippen LogP contribution < -0.4 is 14.9 Å². The van der Waals surface area contributed by atoms with Crippen LogP contribution in [0.5, 0.6) is 0 Å². The number of amides is 1. The predicted octanol–water partition coefficient (Wildman–Crippen LogP) is 1.83. The molecule has 3 rings (SSSR count). The summed E-state index contributed by atoms with van der Waals surface area (Å²) in [7, 11) is -1.78. The van der Waals surface area contributed by atoms with Gasteiger partial charge in [-0.15, -0.1) is 11.3 Å². The van der Waals surface area contributed by atoms with Gasteiger partial charge < -0.3 is 10.2 Å². The van der Waals surface area contributed by atoms with Crippen molar-refractivity contribution in [2.75, 3.05) is 30.4 Å². The smallest absolute Gasteiger partial charge is 0.240 e. The summed E-state index contributed by atoms with van der Waals surface area (Å²) in [6.45, 7) is 0.965. The van der Waals surface area contributed by atoms with Gasteiger partial charge in [-0.05, 0) is 30.7 Å². The molecule has 0 atom stereocenters. The van der Waals surface area contributed by atoms with Gasteiger partial charge in [0.1, 0.15) is 0 Å². The van der Waals surface area contributed by atoms with Crippen LogP contribution in [0.25, 0.3) is 0 Å². The second kappa shape index (κ2) is 7.51. The van der Waals surface area contributed by atoms with E-state index >= 15 is 0 Å². The first-order chi connectivity index (χ1) is 12.0. The highest BCUT2D eigenvalue weighted by Gasteiger charge is 2.22. The summed E-state index contributed by atoms with van der Waals surface area (Å²) >= 11 is 1.49. The Morgan fingerprint density at radius 1 is 1.28 bits per heavy atom. The normalized spacial score (nSPS) is 14.9. The van der Waals surface area contributed by atoms with Gasteiger partial charge in [-0.3, -0.25) is 4.79 Å². The molecule has 1 aromatic carbocycles. The Kier molecular flexibility index (Phi) is 5.36. The fourth-order valence-electron chi connectivity index (χ4n) is 2.66. The molecule has 2 N–H and O–H groups in total. The maximum atomic E-state index is 12.4. The van der Waals surface area contributed by atoms with Gasteiger partial charge in [0.15, 0.2) is 5.13 Å². The fraction of sp³-hybridized carbons (Fsp3) is 0.375. The number of hydrogen-bond donors (Lipinski definition) is 2. The average molecular weight is 380 g/mol. The van der Waals surface area contributed by atoms with Gasteiger partial charge in [-0.1, -0.05) is 0 Å². The molecule has 1 saturated heterocycles. The number of hydrogen-bond acceptors (Lipinski definition) is 6. The van der Waals surface area contributed by atoms with Crippen LogP contribution in [0.4, 0.5) is 10.8 Å². The van der Waals surface area contributed by atoms with Crippen molar-refractivity contribution in [2.45, 2.75) is 24.2 Å². The zero-order valence-electron chi connectivity index (χ0n) is 13.9. The number of carbonyl (C=O) groups is 1. The molecule has 7 nitrogen and oxygen atoms in total. The van der Waals surface area contributed by atoms with E-state index in [-0.39, 0.29) is 17.3 Å². The maximum Gasteiger partial charge on any atom is 0.240 e. The lowest BCUT2D eigenvalue weighted by molar-refractivity contribution is -0.117. The van der Waals surface area contributed by atoms with Crippen LogP contribution >= 0.6 is 11.3 Å². The molecule has 0 bridgehead atoms. The Hall–Kier alpha value is -1.97. The number of nitrogens with zero attached hydrogens (tertiary/aromatic N) is 2. The van der Waals surface area contributed by atoms with E-state index in [0.29, 0.717) is 19.4 Å². The molecule has 134 valence electrons. The van der Waals surface area contributed by atoms with Crippen molar-refractivity contribution in [1.29, 1.82) is 0 Å². The maximum absolute atomic E-state index is 12.4. The summed E-state index contributed by atoms with van der Waals surface area (Å²) in [6, 6.07) is 6.42. The third-order valence-electron chi connectivity index (χ3n) is 3.97. The van der Waals surface area contributed by atoms with Gasteiger partial charge in [-0.25, -0.2) is 18.1 Å². The number of aromatic nitrogens is 1. The van der Waals surface area contributed by atoms with Crippen molar-refractivity contribution in [3.63, 3.8) is 0 Å². The molecule has 1 aliphatic heterocycles. The number of carbonyl (C=O) groups excluding carboxylic acids is 1. The summed E-state index contributed by atoms with van der Waals surface area (Å²) in [5, 5.41) is 5.67. The zero-order chi connectivity index (χ0) is 17.9. The van der Waals surface area contributed by atoms with E-state index in [0.717, 1.165) is 22.9 Å². The highest BCUT2D eigenvalue weighted by molar-refractivity contribution is 7.89. The average Bonchev–Trinajstić information content (AvgIpc) is 3.23. The second-order valence-corrected chi connectivity index (χ2v) is 8.31. The van der Waals surface area contributed by atoms with Gasteiger partial charge >= 0.3 is 0 Å². The lowest BCUT2D eigenvalue weighted by atomic mass is 10.3. The van der Waals surface area contributed by atoms with E-state index in [1.165, 1.54) is 23.5 Å². The Morgan fingerprint density at radius 2 is 2.04 bits per heavy atom. The first-order valence-corrected chi connectivity index (χ1v) is 10.4. The Balaban J connectivity index is 1.60. The number of anilines is 2. The monoisotopic (exact) mass is 380 g/mol. The summed E-state index contributed by atoms with van der Waals surface area (Å²) in [4.78, 5) is 17.9. The Bertz CT molecular complexity index is 847. The first-order valence-electron chi connectivity index (χ1n) is 8.02. The predicted molar refractivity (Wildman–Crippen MR) is 98.6 cm³/mol. The van der Waals surface area contributed by atoms with E-state index in [2.05, 4.69) is 15.0 Å². The standard InChI is InChI=1S/C16H20N4O3S2/c1-17-16-19-12(11-24-16)8-9-18-25(22,23)14-6-4-13(5-7-14)20-10-2-3-15(20)21/h4-7,11,18H,2-3,8-10H2,1H3,(H,17,19). The van der Waals surface area contributed by atoms with Gasteiger partial charge in [0.25, 0.3) is 0 Å². The summed E-state index contributed by atoms with van der Waals surface area (Å²) < 4.78 is 27.3. The van der Waals surface area contributed by atoms with E-state index in [4.69, 9.17) is 0 Å². The molecule has 1 aliphatic rings. The highest BCUT2D eigenvalue weighted by Crippen LogP contribution is 2.23. The fourth-order valence-corrected chi connectivity index (χ4v) is 4.40. The number of thiazole rings is 1. The summed E-state index contributed by atoms with van der Waals surface area (Å²) in [5.74, 6) is 0.0814. The van der Waals surface area contributed by atoms with Crippen molar-refractivity contribution in [2.24, 2.45) is 0 Å².